The van der Waals surface area contributed by atoms with Crippen LogP contribution in [0.4, 0.5) is 10.1 Å². The topological polar surface area (TPSA) is 144 Å². The third-order valence-corrected chi connectivity index (χ3v) is 4.52. The molecule has 0 fully saturated rings. The van der Waals surface area contributed by atoms with Crippen LogP contribution in [0, 0.1) is 15.9 Å². The monoisotopic (exact) mass is 399 g/mol. The van der Waals surface area contributed by atoms with Gasteiger partial charge in [-0.25, -0.2) is 14.4 Å². The van der Waals surface area contributed by atoms with Crippen molar-refractivity contribution in [3.63, 3.8) is 0 Å². The number of nitrogens with one attached hydrogen (secondary N) is 2. The predicted octanol–water partition coefficient (Wildman–Crippen LogP) is 1.90. The van der Waals surface area contributed by atoms with Crippen LogP contribution in [0.3, 0.4) is 0 Å². The first-order valence-corrected chi connectivity index (χ1v) is 9.00. The molecule has 1 heterocycles. The molecule has 0 aliphatic carbocycles. The molecule has 2 atom stereocenters. The largest absolute Gasteiger partial charge is 0.370 e. The minimum absolute atomic E-state index is 0.0145. The number of non-ortho nitro benzene ring substituents is 1. The highest BCUT2D eigenvalue weighted by atomic mass is 19.1. The van der Waals surface area contributed by atoms with Gasteiger partial charge in [0.15, 0.2) is 11.7 Å². The van der Waals surface area contributed by atoms with Gasteiger partial charge in [0.2, 0.25) is 5.96 Å². The Labute approximate surface area is 166 Å². The number of nitrogens with zero attached hydrogens (tertiary/aromatic N) is 3. The van der Waals surface area contributed by atoms with Crippen molar-refractivity contribution in [2.45, 2.75) is 31.6 Å². The van der Waals surface area contributed by atoms with Crippen LogP contribution >= 0.6 is 0 Å². The number of nitrogens with two attached hydrogens (primary N) is 2. The van der Waals surface area contributed by atoms with E-state index >= 15 is 0 Å². The number of nitro benzene ring substituents is 1. The van der Waals surface area contributed by atoms with Gasteiger partial charge in [0, 0.05) is 18.6 Å². The van der Waals surface area contributed by atoms with Crippen molar-refractivity contribution in [2.75, 3.05) is 0 Å². The van der Waals surface area contributed by atoms with E-state index < -0.39 is 10.7 Å². The minimum atomic E-state index is -1.17. The maximum atomic E-state index is 13.0. The van der Waals surface area contributed by atoms with Gasteiger partial charge in [-0.3, -0.25) is 21.2 Å². The molecule has 0 saturated heterocycles. The van der Waals surface area contributed by atoms with Crippen LogP contribution in [-0.4, -0.2) is 22.6 Å². The summed E-state index contributed by atoms with van der Waals surface area (Å²) in [6, 6.07) is 12.0. The lowest BCUT2D eigenvalue weighted by molar-refractivity contribution is -0.384. The zero-order valence-corrected chi connectivity index (χ0v) is 15.8. The molecule has 2 aromatic carbocycles. The number of guanidine groups is 2. The van der Waals surface area contributed by atoms with Crippen LogP contribution in [0.25, 0.3) is 0 Å². The molecule has 0 saturated carbocycles. The molecule has 0 bridgehead atoms. The van der Waals surface area contributed by atoms with Gasteiger partial charge in [-0.15, -0.1) is 0 Å². The van der Waals surface area contributed by atoms with Crippen molar-refractivity contribution in [3.05, 3.63) is 75.6 Å². The Hall–Kier alpha value is -3.53. The van der Waals surface area contributed by atoms with E-state index in [9.17, 15) is 14.5 Å². The molecule has 6 N–H and O–H groups in total. The van der Waals surface area contributed by atoms with Crippen LogP contribution in [0.5, 0.6) is 0 Å². The van der Waals surface area contributed by atoms with Gasteiger partial charge in [-0.2, -0.15) is 0 Å². The Morgan fingerprint density at radius 1 is 1.24 bits per heavy atom. The number of benzene rings is 2. The summed E-state index contributed by atoms with van der Waals surface area (Å²) >= 11 is 0. The summed E-state index contributed by atoms with van der Waals surface area (Å²) in [5, 5.41) is 16.7. The number of hydrogen-bond donors (Lipinski definition) is 4. The molecular formula is C19H22FN7O2. The fourth-order valence-corrected chi connectivity index (χ4v) is 2.94. The van der Waals surface area contributed by atoms with Crippen LogP contribution in [-0.2, 0) is 6.42 Å². The van der Waals surface area contributed by atoms with E-state index in [1.54, 1.807) is 24.3 Å². The number of hydrogen-bond acceptors (Lipinski definition) is 6. The summed E-state index contributed by atoms with van der Waals surface area (Å²) in [5.74, 6) is -0.990. The molecule has 152 valence electrons. The average Bonchev–Trinajstić information content (AvgIpc) is 2.67. The van der Waals surface area contributed by atoms with Gasteiger partial charge in [-0.1, -0.05) is 24.3 Å². The summed E-state index contributed by atoms with van der Waals surface area (Å²) in [6.45, 7) is 1.84. The molecule has 1 aliphatic heterocycles. The van der Waals surface area contributed by atoms with Gasteiger partial charge in [0.1, 0.15) is 5.82 Å². The molecule has 9 nitrogen and oxygen atoms in total. The second kappa shape index (κ2) is 8.23. The van der Waals surface area contributed by atoms with Gasteiger partial charge < -0.3 is 11.1 Å². The van der Waals surface area contributed by atoms with Gasteiger partial charge in [0.05, 0.1) is 11.0 Å². The number of nitro groups is 1. The Balaban J connectivity index is 1.70. The minimum Gasteiger partial charge on any atom is -0.370 e. The number of rotatable bonds is 6. The van der Waals surface area contributed by atoms with E-state index in [0.717, 1.165) is 11.1 Å². The van der Waals surface area contributed by atoms with Crippen molar-refractivity contribution < 1.29 is 9.31 Å². The van der Waals surface area contributed by atoms with Crippen LogP contribution in [0.2, 0.25) is 0 Å². The van der Waals surface area contributed by atoms with E-state index in [2.05, 4.69) is 20.6 Å². The smallest absolute Gasteiger partial charge is 0.269 e. The molecule has 2 aromatic rings. The van der Waals surface area contributed by atoms with Crippen molar-refractivity contribution in [3.8, 4) is 0 Å². The Morgan fingerprint density at radius 2 is 1.90 bits per heavy atom. The third-order valence-electron chi connectivity index (χ3n) is 4.52. The maximum Gasteiger partial charge on any atom is 0.269 e. The number of aryl methyl sites for hydroxylation is 1. The van der Waals surface area contributed by atoms with Crippen LogP contribution in [0.1, 0.15) is 30.5 Å². The lowest BCUT2D eigenvalue weighted by Crippen LogP contribution is -2.64. The van der Waals surface area contributed by atoms with E-state index in [-0.39, 0.29) is 23.5 Å². The van der Waals surface area contributed by atoms with Crippen molar-refractivity contribution in [1.29, 1.82) is 0 Å². The highest BCUT2D eigenvalue weighted by Crippen LogP contribution is 2.21. The zero-order valence-electron chi connectivity index (χ0n) is 15.8. The molecule has 1 aliphatic rings. The fourth-order valence-electron chi connectivity index (χ4n) is 2.94. The highest BCUT2D eigenvalue weighted by molar-refractivity contribution is 6.00. The zero-order chi connectivity index (χ0) is 21.0. The predicted molar refractivity (Wildman–Crippen MR) is 108 cm³/mol. The van der Waals surface area contributed by atoms with E-state index in [1.165, 1.54) is 24.3 Å². The molecule has 3 rings (SSSR count). The van der Waals surface area contributed by atoms with E-state index in [1.807, 2.05) is 6.92 Å². The first kappa shape index (κ1) is 20.2. The molecule has 0 amide bonds. The lowest BCUT2D eigenvalue weighted by Gasteiger charge is -2.33. The molecule has 0 spiro atoms. The standard InChI is InChI=1S/C19H22FN7O2/c1-12(14-4-8-16(9-5-14)27(28)29)23-18-24-17(21)25-19(22,26-18)11-10-13-2-6-15(20)7-3-13/h2-9,12H,10-11,22H2,1H3,(H4,21,23,24,25,26)/t12-,19?/m0/s1. The van der Waals surface area contributed by atoms with Crippen molar-refractivity contribution in [2.24, 2.45) is 21.5 Å². The molecule has 10 heteroatoms. The number of halogens is 1. The summed E-state index contributed by atoms with van der Waals surface area (Å²) in [7, 11) is 0. The Morgan fingerprint density at radius 3 is 2.52 bits per heavy atom. The SMILES string of the molecule is C[C@H](N=C1NC(N)=NC(N)(CCc2ccc(F)cc2)N1)c1ccc([N+](=O)[O-])cc1. The molecule has 0 radical (unpaired) electrons. The highest BCUT2D eigenvalue weighted by Gasteiger charge is 2.30. The first-order valence-electron chi connectivity index (χ1n) is 9.00. The lowest BCUT2D eigenvalue weighted by atomic mass is 10.1. The quantitative estimate of drug-likeness (QED) is 0.431. The normalized spacial score (nSPS) is 21.1. The first-order chi connectivity index (χ1) is 13.7. The Bertz CT molecular complexity index is 944. The summed E-state index contributed by atoms with van der Waals surface area (Å²) in [4.78, 5) is 19.1. The van der Waals surface area contributed by atoms with Gasteiger partial charge in [-0.05, 0) is 36.6 Å². The molecule has 29 heavy (non-hydrogen) atoms. The van der Waals surface area contributed by atoms with Gasteiger partial charge in [0.25, 0.3) is 5.69 Å². The fraction of sp³-hybridized carbons (Fsp3) is 0.263. The molecule has 0 aromatic heterocycles. The third kappa shape index (κ3) is 5.26. The van der Waals surface area contributed by atoms with Crippen molar-refractivity contribution >= 4 is 17.6 Å². The van der Waals surface area contributed by atoms with Gasteiger partial charge >= 0.3 is 0 Å². The number of aliphatic imine (C=N–C) groups is 2. The summed E-state index contributed by atoms with van der Waals surface area (Å²) in [6.07, 6.45) is 0.970. The van der Waals surface area contributed by atoms with Crippen molar-refractivity contribution in [1.82, 2.24) is 10.6 Å². The maximum absolute atomic E-state index is 13.0. The molecule has 1 unspecified atom stereocenters. The summed E-state index contributed by atoms with van der Waals surface area (Å²) < 4.78 is 13.0. The summed E-state index contributed by atoms with van der Waals surface area (Å²) in [5.41, 5.74) is 13.9. The average molecular weight is 399 g/mol. The second-order valence-corrected chi connectivity index (χ2v) is 6.80. The van der Waals surface area contributed by atoms with E-state index in [4.69, 9.17) is 11.5 Å². The Kier molecular flexibility index (Phi) is 5.74. The second-order valence-electron chi connectivity index (χ2n) is 6.80. The van der Waals surface area contributed by atoms with Crippen LogP contribution < -0.4 is 22.1 Å². The molecular weight excluding hydrogens is 377 g/mol. The van der Waals surface area contributed by atoms with Crippen LogP contribution in [0.15, 0.2) is 58.5 Å². The van der Waals surface area contributed by atoms with E-state index in [0.29, 0.717) is 18.8 Å².